The van der Waals surface area contributed by atoms with E-state index < -0.39 is 0 Å². The molecule has 1 aliphatic carbocycles. The van der Waals surface area contributed by atoms with Crippen molar-refractivity contribution in [3.63, 3.8) is 0 Å². The van der Waals surface area contributed by atoms with Crippen LogP contribution in [0.1, 0.15) is 24.5 Å². The lowest BCUT2D eigenvalue weighted by Gasteiger charge is -2.11. The molecule has 1 aromatic heterocycles. The first-order chi connectivity index (χ1) is 9.83. The highest BCUT2D eigenvalue weighted by atomic mass is 16.5. The van der Waals surface area contributed by atoms with Gasteiger partial charge in [0.1, 0.15) is 5.75 Å². The Morgan fingerprint density at radius 1 is 1.45 bits per heavy atom. The van der Waals surface area contributed by atoms with Crippen LogP contribution in [-0.4, -0.2) is 30.0 Å². The molecule has 106 valence electrons. The SMILES string of the molecule is COc1cccc(-n2ncc(NCCN)c2C2CC2)c1. The average Bonchev–Trinajstić information content (AvgIpc) is 3.25. The van der Waals surface area contributed by atoms with Gasteiger partial charge in [-0.3, -0.25) is 0 Å². The second kappa shape index (κ2) is 5.54. The molecule has 1 saturated carbocycles. The van der Waals surface area contributed by atoms with Crippen molar-refractivity contribution >= 4 is 5.69 Å². The summed E-state index contributed by atoms with van der Waals surface area (Å²) in [6, 6.07) is 7.98. The van der Waals surface area contributed by atoms with Crippen molar-refractivity contribution in [2.45, 2.75) is 18.8 Å². The maximum Gasteiger partial charge on any atom is 0.121 e. The van der Waals surface area contributed by atoms with Crippen LogP contribution in [-0.2, 0) is 0 Å². The molecule has 2 aromatic rings. The maximum atomic E-state index is 5.57. The normalized spacial score (nSPS) is 14.3. The average molecular weight is 272 g/mol. The van der Waals surface area contributed by atoms with Gasteiger partial charge in [-0.25, -0.2) is 4.68 Å². The van der Waals surface area contributed by atoms with Crippen molar-refractivity contribution in [1.82, 2.24) is 9.78 Å². The molecule has 20 heavy (non-hydrogen) atoms. The van der Waals surface area contributed by atoms with Gasteiger partial charge in [-0.2, -0.15) is 5.10 Å². The number of anilines is 1. The Kier molecular flexibility index (Phi) is 3.60. The zero-order chi connectivity index (χ0) is 13.9. The van der Waals surface area contributed by atoms with Crippen molar-refractivity contribution in [2.24, 2.45) is 5.73 Å². The van der Waals surface area contributed by atoms with Gasteiger partial charge in [0.25, 0.3) is 0 Å². The number of methoxy groups -OCH3 is 1. The fraction of sp³-hybridized carbons (Fsp3) is 0.400. The number of benzene rings is 1. The lowest BCUT2D eigenvalue weighted by Crippen LogP contribution is -2.14. The van der Waals surface area contributed by atoms with E-state index in [9.17, 15) is 0 Å². The molecule has 0 atom stereocenters. The summed E-state index contributed by atoms with van der Waals surface area (Å²) in [7, 11) is 1.68. The third-order valence-electron chi connectivity index (χ3n) is 3.53. The fourth-order valence-corrected chi connectivity index (χ4v) is 2.40. The molecule has 0 spiro atoms. The van der Waals surface area contributed by atoms with E-state index in [0.29, 0.717) is 12.5 Å². The zero-order valence-electron chi connectivity index (χ0n) is 11.7. The van der Waals surface area contributed by atoms with E-state index in [1.54, 1.807) is 7.11 Å². The van der Waals surface area contributed by atoms with E-state index in [4.69, 9.17) is 10.5 Å². The van der Waals surface area contributed by atoms with Crippen molar-refractivity contribution in [3.05, 3.63) is 36.2 Å². The molecular formula is C15H20N4O. The van der Waals surface area contributed by atoms with E-state index in [0.717, 1.165) is 23.7 Å². The number of hydrogen-bond acceptors (Lipinski definition) is 4. The number of aromatic nitrogens is 2. The van der Waals surface area contributed by atoms with Gasteiger partial charge in [-0.1, -0.05) is 6.07 Å². The first-order valence-electron chi connectivity index (χ1n) is 6.99. The van der Waals surface area contributed by atoms with E-state index in [1.165, 1.54) is 18.5 Å². The highest BCUT2D eigenvalue weighted by molar-refractivity contribution is 5.53. The van der Waals surface area contributed by atoms with Crippen molar-refractivity contribution in [2.75, 3.05) is 25.5 Å². The van der Waals surface area contributed by atoms with Gasteiger partial charge in [0.2, 0.25) is 0 Å². The molecule has 3 rings (SSSR count). The van der Waals surface area contributed by atoms with Crippen LogP contribution in [0.4, 0.5) is 5.69 Å². The molecule has 1 aromatic carbocycles. The monoisotopic (exact) mass is 272 g/mol. The van der Waals surface area contributed by atoms with Crippen molar-refractivity contribution in [1.29, 1.82) is 0 Å². The van der Waals surface area contributed by atoms with Gasteiger partial charge in [0.15, 0.2) is 0 Å². The Balaban J connectivity index is 1.97. The highest BCUT2D eigenvalue weighted by Gasteiger charge is 2.30. The van der Waals surface area contributed by atoms with Crippen molar-refractivity contribution < 1.29 is 4.74 Å². The predicted octanol–water partition coefficient (Wildman–Crippen LogP) is 2.13. The number of nitrogens with zero attached hydrogens (tertiary/aromatic N) is 2. The summed E-state index contributed by atoms with van der Waals surface area (Å²) in [6.45, 7) is 1.39. The minimum Gasteiger partial charge on any atom is -0.497 e. The Labute approximate surface area is 118 Å². The summed E-state index contributed by atoms with van der Waals surface area (Å²) in [5.74, 6) is 1.44. The maximum absolute atomic E-state index is 5.57. The van der Waals surface area contributed by atoms with Gasteiger partial charge >= 0.3 is 0 Å². The van der Waals surface area contributed by atoms with Crippen molar-refractivity contribution in [3.8, 4) is 11.4 Å². The first-order valence-corrected chi connectivity index (χ1v) is 6.99. The third-order valence-corrected chi connectivity index (χ3v) is 3.53. The summed E-state index contributed by atoms with van der Waals surface area (Å²) in [6.07, 6.45) is 4.35. The summed E-state index contributed by atoms with van der Waals surface area (Å²) in [4.78, 5) is 0. The Morgan fingerprint density at radius 3 is 3.00 bits per heavy atom. The standard InChI is InChI=1S/C15H20N4O/c1-20-13-4-2-3-12(9-13)19-15(11-5-6-11)14(10-18-19)17-8-7-16/h2-4,9-11,17H,5-8,16H2,1H3. The van der Waals surface area contributed by atoms with Gasteiger partial charge in [0.05, 0.1) is 30.4 Å². The second-order valence-corrected chi connectivity index (χ2v) is 5.05. The molecular weight excluding hydrogens is 252 g/mol. The molecule has 0 radical (unpaired) electrons. The number of nitrogens with two attached hydrogens (primary N) is 1. The molecule has 5 heteroatoms. The number of hydrogen-bond donors (Lipinski definition) is 2. The predicted molar refractivity (Wildman–Crippen MR) is 79.6 cm³/mol. The molecule has 1 fully saturated rings. The van der Waals surface area contributed by atoms with Gasteiger partial charge in [-0.05, 0) is 25.0 Å². The molecule has 5 nitrogen and oxygen atoms in total. The largest absolute Gasteiger partial charge is 0.497 e. The summed E-state index contributed by atoms with van der Waals surface area (Å²) >= 11 is 0. The van der Waals surface area contributed by atoms with Crippen LogP contribution in [0.3, 0.4) is 0 Å². The summed E-state index contributed by atoms with van der Waals surface area (Å²) in [5, 5.41) is 7.90. The molecule has 0 saturated heterocycles. The van der Waals surface area contributed by atoms with Crippen LogP contribution in [0.2, 0.25) is 0 Å². The Hall–Kier alpha value is -2.01. The van der Waals surface area contributed by atoms with Gasteiger partial charge < -0.3 is 15.8 Å². The Bertz CT molecular complexity index is 589. The number of rotatable bonds is 6. The molecule has 0 aliphatic heterocycles. The number of nitrogens with one attached hydrogen (secondary N) is 1. The van der Waals surface area contributed by atoms with Crippen LogP contribution in [0.5, 0.6) is 5.75 Å². The molecule has 1 heterocycles. The molecule has 1 aliphatic rings. The lowest BCUT2D eigenvalue weighted by atomic mass is 10.2. The molecule has 0 bridgehead atoms. The topological polar surface area (TPSA) is 65.1 Å². The Morgan fingerprint density at radius 2 is 2.30 bits per heavy atom. The zero-order valence-corrected chi connectivity index (χ0v) is 11.7. The van der Waals surface area contributed by atoms with Crippen LogP contribution in [0, 0.1) is 0 Å². The van der Waals surface area contributed by atoms with Crippen LogP contribution in [0.15, 0.2) is 30.5 Å². The summed E-state index contributed by atoms with van der Waals surface area (Å²) < 4.78 is 7.30. The minimum atomic E-state index is 0.601. The first kappa shape index (κ1) is 13.0. The molecule has 0 amide bonds. The van der Waals surface area contributed by atoms with Gasteiger partial charge in [0, 0.05) is 25.1 Å². The van der Waals surface area contributed by atoms with Crippen LogP contribution < -0.4 is 15.8 Å². The minimum absolute atomic E-state index is 0.601. The number of ether oxygens (including phenoxy) is 1. The smallest absolute Gasteiger partial charge is 0.121 e. The highest BCUT2D eigenvalue weighted by Crippen LogP contribution is 2.44. The van der Waals surface area contributed by atoms with E-state index in [2.05, 4.69) is 10.4 Å². The third kappa shape index (κ3) is 2.49. The van der Waals surface area contributed by atoms with E-state index in [-0.39, 0.29) is 0 Å². The molecule has 0 unspecified atom stereocenters. The molecule has 3 N–H and O–H groups in total. The van der Waals surface area contributed by atoms with E-state index >= 15 is 0 Å². The quantitative estimate of drug-likeness (QED) is 0.845. The van der Waals surface area contributed by atoms with E-state index in [1.807, 2.05) is 35.1 Å². The second-order valence-electron chi connectivity index (χ2n) is 5.05. The summed E-state index contributed by atoms with van der Waals surface area (Å²) in [5.41, 5.74) is 8.96. The van der Waals surface area contributed by atoms with Crippen LogP contribution in [0.25, 0.3) is 5.69 Å². The van der Waals surface area contributed by atoms with Gasteiger partial charge in [-0.15, -0.1) is 0 Å². The van der Waals surface area contributed by atoms with Crippen LogP contribution >= 0.6 is 0 Å². The lowest BCUT2D eigenvalue weighted by molar-refractivity contribution is 0.414. The fourth-order valence-electron chi connectivity index (χ4n) is 2.40.